The second kappa shape index (κ2) is 32.2. The van der Waals surface area contributed by atoms with Crippen LogP contribution in [0.15, 0.2) is 72.8 Å². The van der Waals surface area contributed by atoms with E-state index in [2.05, 4.69) is 74.5 Å². The Bertz CT molecular complexity index is 1190. The summed E-state index contributed by atoms with van der Waals surface area (Å²) in [4.78, 5) is 0. The second-order valence-corrected chi connectivity index (χ2v) is 16.0. The van der Waals surface area contributed by atoms with E-state index in [1.54, 1.807) is 7.11 Å². The second-order valence-electron chi connectivity index (χ2n) is 16.0. The first kappa shape index (κ1) is 46.4. The lowest BCUT2D eigenvalue weighted by molar-refractivity contribution is 0.304. The molecular weight excluding hydrogens is 673 g/mol. The summed E-state index contributed by atoms with van der Waals surface area (Å²) in [7, 11) is 1.72. The van der Waals surface area contributed by atoms with Crippen LogP contribution in [-0.2, 0) is 0 Å². The molecular formula is C52H81O3. The Morgan fingerprint density at radius 3 is 0.800 bits per heavy atom. The van der Waals surface area contributed by atoms with Crippen molar-refractivity contribution in [1.29, 1.82) is 0 Å². The number of methoxy groups -OCH3 is 1. The predicted octanol–water partition coefficient (Wildman–Crippen LogP) is 16.4. The van der Waals surface area contributed by atoms with E-state index < -0.39 is 0 Å². The Hall–Kier alpha value is -2.94. The number of rotatable bonds is 36. The van der Waals surface area contributed by atoms with Gasteiger partial charge in [0.2, 0.25) is 0 Å². The molecule has 3 aromatic carbocycles. The number of unbranched alkanes of at least 4 members (excludes halogenated alkanes) is 26. The maximum absolute atomic E-state index is 6.17. The van der Waals surface area contributed by atoms with E-state index >= 15 is 0 Å². The van der Waals surface area contributed by atoms with Gasteiger partial charge in [0.05, 0.1) is 26.2 Å². The van der Waals surface area contributed by atoms with E-state index in [0.717, 1.165) is 48.9 Å². The van der Waals surface area contributed by atoms with Crippen molar-refractivity contribution in [2.75, 3.05) is 20.3 Å². The van der Waals surface area contributed by atoms with Crippen molar-refractivity contribution in [1.82, 2.24) is 0 Å². The number of hydrogen-bond acceptors (Lipinski definition) is 3. The van der Waals surface area contributed by atoms with Crippen LogP contribution in [0.5, 0.6) is 17.2 Å². The van der Waals surface area contributed by atoms with Crippen molar-refractivity contribution in [2.45, 2.75) is 194 Å². The monoisotopic (exact) mass is 754 g/mol. The van der Waals surface area contributed by atoms with E-state index in [1.807, 2.05) is 12.1 Å². The summed E-state index contributed by atoms with van der Waals surface area (Å²) >= 11 is 0. The summed E-state index contributed by atoms with van der Waals surface area (Å²) in [5.74, 6) is 3.95. The quantitative estimate of drug-likeness (QED) is 0.0437. The fourth-order valence-corrected chi connectivity index (χ4v) is 7.67. The molecule has 3 nitrogen and oxygen atoms in total. The summed E-state index contributed by atoms with van der Waals surface area (Å²) in [6, 6.07) is 25.6. The molecule has 0 aliphatic rings. The van der Waals surface area contributed by atoms with Gasteiger partial charge in [-0.2, -0.15) is 0 Å². The van der Waals surface area contributed by atoms with Gasteiger partial charge in [0.1, 0.15) is 17.2 Å². The third kappa shape index (κ3) is 21.8. The molecule has 0 heterocycles. The van der Waals surface area contributed by atoms with Crippen molar-refractivity contribution in [3.05, 3.63) is 95.4 Å². The van der Waals surface area contributed by atoms with Gasteiger partial charge < -0.3 is 14.2 Å². The summed E-state index contributed by atoms with van der Waals surface area (Å²) in [6.45, 7) is 6.16. The van der Waals surface area contributed by atoms with Crippen LogP contribution in [0.25, 0.3) is 0 Å². The van der Waals surface area contributed by atoms with Gasteiger partial charge in [-0.05, 0) is 65.9 Å². The van der Waals surface area contributed by atoms with Crippen LogP contribution < -0.4 is 14.2 Å². The number of benzene rings is 3. The molecule has 0 unspecified atom stereocenters. The van der Waals surface area contributed by atoms with Crippen LogP contribution >= 0.6 is 0 Å². The molecule has 0 aromatic heterocycles. The maximum atomic E-state index is 6.17. The Morgan fingerprint density at radius 1 is 0.309 bits per heavy atom. The minimum absolute atomic E-state index is 0.785. The zero-order valence-corrected chi connectivity index (χ0v) is 35.9. The first-order chi connectivity index (χ1) is 27.2. The first-order valence-electron chi connectivity index (χ1n) is 23.2. The Balaban J connectivity index is 1.33. The van der Waals surface area contributed by atoms with Gasteiger partial charge in [0.15, 0.2) is 0 Å². The van der Waals surface area contributed by atoms with Gasteiger partial charge in [-0.15, -0.1) is 0 Å². The van der Waals surface area contributed by atoms with Gasteiger partial charge in [-0.25, -0.2) is 0 Å². The van der Waals surface area contributed by atoms with Crippen LogP contribution in [0.1, 0.15) is 210 Å². The van der Waals surface area contributed by atoms with Crippen LogP contribution in [0, 0.1) is 5.92 Å². The highest BCUT2D eigenvalue weighted by atomic mass is 16.5. The molecule has 0 aliphatic heterocycles. The van der Waals surface area contributed by atoms with Crippen molar-refractivity contribution >= 4 is 0 Å². The van der Waals surface area contributed by atoms with E-state index in [0.29, 0.717) is 0 Å². The molecule has 0 N–H and O–H groups in total. The van der Waals surface area contributed by atoms with Crippen LogP contribution in [0.3, 0.4) is 0 Å². The van der Waals surface area contributed by atoms with Crippen molar-refractivity contribution in [2.24, 2.45) is 0 Å². The van der Waals surface area contributed by atoms with Gasteiger partial charge in [-0.3, -0.25) is 0 Å². The fourth-order valence-electron chi connectivity index (χ4n) is 7.67. The molecule has 307 valence electrons. The minimum Gasteiger partial charge on any atom is -0.497 e. The zero-order valence-electron chi connectivity index (χ0n) is 35.9. The molecule has 0 atom stereocenters. The lowest BCUT2D eigenvalue weighted by Crippen LogP contribution is -2.05. The normalized spacial score (nSPS) is 11.3. The average Bonchev–Trinajstić information content (AvgIpc) is 3.22. The summed E-state index contributed by atoms with van der Waals surface area (Å²) < 4.78 is 17.8. The van der Waals surface area contributed by atoms with Crippen molar-refractivity contribution in [3.8, 4) is 17.2 Å². The van der Waals surface area contributed by atoms with Crippen molar-refractivity contribution < 1.29 is 14.2 Å². The molecule has 0 amide bonds. The number of ether oxygens (including phenoxy) is 3. The lowest BCUT2D eigenvalue weighted by atomic mass is 9.85. The molecule has 0 saturated heterocycles. The molecule has 3 aromatic rings. The maximum Gasteiger partial charge on any atom is 0.119 e. The lowest BCUT2D eigenvalue weighted by Gasteiger charge is -2.19. The van der Waals surface area contributed by atoms with E-state index in [1.165, 1.54) is 184 Å². The van der Waals surface area contributed by atoms with Crippen LogP contribution in [0.4, 0.5) is 0 Å². The highest BCUT2D eigenvalue weighted by Crippen LogP contribution is 2.34. The molecule has 0 fully saturated rings. The highest BCUT2D eigenvalue weighted by molar-refractivity contribution is 5.59. The molecule has 0 aliphatic carbocycles. The Morgan fingerprint density at radius 2 is 0.545 bits per heavy atom. The zero-order chi connectivity index (χ0) is 38.9. The molecule has 55 heavy (non-hydrogen) atoms. The molecule has 0 saturated carbocycles. The highest BCUT2D eigenvalue weighted by Gasteiger charge is 2.18. The Kier molecular flexibility index (Phi) is 27.2. The third-order valence-electron chi connectivity index (χ3n) is 11.2. The summed E-state index contributed by atoms with van der Waals surface area (Å²) in [5.41, 5.74) is 3.50. The summed E-state index contributed by atoms with van der Waals surface area (Å²) in [5, 5.41) is 0. The first-order valence-corrected chi connectivity index (χ1v) is 23.2. The molecule has 1 radical (unpaired) electrons. The standard InChI is InChI=1S/C52H81O3/c1-4-6-8-10-12-14-16-18-20-22-24-26-28-30-44-54-50-40-34-47(35-41-50)52(46-32-38-49(53-3)39-33-46)48-36-42-51(43-37-48)55-45-31-29-27-25-23-21-19-17-15-13-11-9-7-5-2/h32-43H,4-31,44-45H2,1-3H3. The topological polar surface area (TPSA) is 27.7 Å². The van der Waals surface area contributed by atoms with E-state index in [9.17, 15) is 0 Å². The smallest absolute Gasteiger partial charge is 0.119 e. The van der Waals surface area contributed by atoms with Crippen LogP contribution in [0.2, 0.25) is 0 Å². The predicted molar refractivity (Wildman–Crippen MR) is 238 cm³/mol. The molecule has 3 rings (SSSR count). The van der Waals surface area contributed by atoms with Crippen molar-refractivity contribution in [3.63, 3.8) is 0 Å². The van der Waals surface area contributed by atoms with E-state index in [-0.39, 0.29) is 0 Å². The fraction of sp³-hybridized carbons (Fsp3) is 0.635. The minimum atomic E-state index is 0.785. The van der Waals surface area contributed by atoms with Crippen LogP contribution in [-0.4, -0.2) is 20.3 Å². The molecule has 0 bridgehead atoms. The molecule has 0 spiro atoms. The molecule has 3 heteroatoms. The van der Waals surface area contributed by atoms with Gasteiger partial charge >= 0.3 is 0 Å². The van der Waals surface area contributed by atoms with E-state index in [4.69, 9.17) is 14.2 Å². The largest absolute Gasteiger partial charge is 0.497 e. The average molecular weight is 754 g/mol. The third-order valence-corrected chi connectivity index (χ3v) is 11.2. The SMILES string of the molecule is CCCCCCCCCCCCCCCCOc1ccc([C](c2ccc(OC)cc2)c2ccc(OCCCCCCCCCCCCCCCC)cc2)cc1. The van der Waals surface area contributed by atoms with Gasteiger partial charge in [-0.1, -0.05) is 217 Å². The van der Waals surface area contributed by atoms with Gasteiger partial charge in [0, 0.05) is 0 Å². The summed E-state index contributed by atoms with van der Waals surface area (Å²) in [6.07, 6.45) is 38.4. The van der Waals surface area contributed by atoms with Gasteiger partial charge in [0.25, 0.3) is 0 Å². The Labute approximate surface area is 339 Å². The number of hydrogen-bond donors (Lipinski definition) is 0.